The van der Waals surface area contributed by atoms with E-state index in [1.54, 1.807) is 0 Å². The zero-order valence-corrected chi connectivity index (χ0v) is 44.7. The van der Waals surface area contributed by atoms with Crippen molar-refractivity contribution in [2.75, 3.05) is 13.2 Å². The molecule has 0 heterocycles. The number of hydrogen-bond acceptors (Lipinski definition) is 12. The fraction of sp³-hybridized carbons (Fsp3) is 0.821. The number of rotatable bonds is 47. The Bertz CT molecular complexity index is 1400. The number of aliphatic hydroxyl groups is 5. The number of carbonyl (C=O) groups excluding carboxylic acids is 2. The molecule has 0 amide bonds. The summed E-state index contributed by atoms with van der Waals surface area (Å²) in [5, 5.41) is 50.3. The molecule has 1 fully saturated rings. The molecule has 0 saturated heterocycles. The van der Waals surface area contributed by atoms with Crippen molar-refractivity contribution in [2.45, 2.75) is 281 Å². The fourth-order valence-corrected chi connectivity index (χ4v) is 9.42. The number of phosphoric ester groups is 1. The lowest BCUT2D eigenvalue weighted by Crippen LogP contribution is -2.64. The number of esters is 2. The van der Waals surface area contributed by atoms with E-state index in [9.17, 15) is 44.6 Å². The third kappa shape index (κ3) is 36.7. The topological polar surface area (TPSA) is 210 Å². The Balaban J connectivity index is 2.37. The molecule has 0 radical (unpaired) electrons. The molecule has 0 spiro atoms. The highest BCUT2D eigenvalue weighted by atomic mass is 31.2. The second-order valence-electron chi connectivity index (χ2n) is 19.4. The van der Waals surface area contributed by atoms with Gasteiger partial charge in [-0.3, -0.25) is 18.6 Å². The van der Waals surface area contributed by atoms with Crippen molar-refractivity contribution in [3.05, 3.63) is 48.6 Å². The molecule has 0 aromatic rings. The van der Waals surface area contributed by atoms with Gasteiger partial charge >= 0.3 is 19.8 Å². The Hall–Kier alpha value is -2.19. The molecule has 0 aromatic heterocycles. The van der Waals surface area contributed by atoms with E-state index in [4.69, 9.17) is 18.5 Å². The Morgan fingerprint density at radius 1 is 0.443 bits per heavy atom. The fourth-order valence-electron chi connectivity index (χ4n) is 8.45. The molecule has 6 unspecified atom stereocenters. The first-order valence-electron chi connectivity index (χ1n) is 27.9. The summed E-state index contributed by atoms with van der Waals surface area (Å²) in [6.07, 6.45) is 43.0. The van der Waals surface area contributed by atoms with E-state index in [0.29, 0.717) is 12.8 Å². The van der Waals surface area contributed by atoms with E-state index in [0.717, 1.165) is 70.6 Å². The van der Waals surface area contributed by atoms with Crippen molar-refractivity contribution >= 4 is 19.8 Å². The van der Waals surface area contributed by atoms with Crippen LogP contribution in [0.2, 0.25) is 0 Å². The van der Waals surface area contributed by atoms with Gasteiger partial charge in [-0.1, -0.05) is 217 Å². The Morgan fingerprint density at radius 3 is 1.20 bits per heavy atom. The number of unbranched alkanes of at least 4 members (excludes halogenated alkanes) is 27. The van der Waals surface area contributed by atoms with Crippen LogP contribution in [0.4, 0.5) is 0 Å². The van der Waals surface area contributed by atoms with Gasteiger partial charge in [0.05, 0.1) is 6.61 Å². The minimum Gasteiger partial charge on any atom is -0.462 e. The minimum absolute atomic E-state index is 0.0921. The monoisotopic (exact) mass is 1010 g/mol. The van der Waals surface area contributed by atoms with Crippen LogP contribution in [0.15, 0.2) is 48.6 Å². The van der Waals surface area contributed by atoms with E-state index in [1.807, 2.05) is 0 Å². The first kappa shape index (κ1) is 65.8. The molecule has 408 valence electrons. The third-order valence-electron chi connectivity index (χ3n) is 12.9. The van der Waals surface area contributed by atoms with Crippen molar-refractivity contribution in [3.8, 4) is 0 Å². The number of phosphoric acid groups is 1. The van der Waals surface area contributed by atoms with E-state index < -0.39 is 75.7 Å². The van der Waals surface area contributed by atoms with Gasteiger partial charge in [0.15, 0.2) is 6.10 Å². The van der Waals surface area contributed by atoms with Gasteiger partial charge in [-0.25, -0.2) is 4.57 Å². The molecule has 13 nitrogen and oxygen atoms in total. The molecule has 0 bridgehead atoms. The van der Waals surface area contributed by atoms with Gasteiger partial charge in [-0.05, 0) is 57.8 Å². The van der Waals surface area contributed by atoms with Crippen molar-refractivity contribution in [1.82, 2.24) is 0 Å². The quantitative estimate of drug-likeness (QED) is 0.0145. The number of allylic oxidation sites excluding steroid dienone is 8. The first-order valence-corrected chi connectivity index (χ1v) is 29.4. The molecule has 6 N–H and O–H groups in total. The lowest BCUT2D eigenvalue weighted by Gasteiger charge is -2.41. The van der Waals surface area contributed by atoms with Crippen LogP contribution in [0.3, 0.4) is 0 Å². The van der Waals surface area contributed by atoms with Gasteiger partial charge in [0.25, 0.3) is 0 Å². The normalized spacial score (nSPS) is 21.1. The molecule has 70 heavy (non-hydrogen) atoms. The summed E-state index contributed by atoms with van der Waals surface area (Å²) in [5.74, 6) is -1.13. The second-order valence-corrected chi connectivity index (χ2v) is 20.9. The van der Waals surface area contributed by atoms with Gasteiger partial charge in [0.1, 0.15) is 43.2 Å². The zero-order chi connectivity index (χ0) is 51.3. The van der Waals surface area contributed by atoms with Crippen LogP contribution >= 0.6 is 7.82 Å². The Labute approximate surface area is 424 Å². The van der Waals surface area contributed by atoms with E-state index in [1.165, 1.54) is 128 Å². The summed E-state index contributed by atoms with van der Waals surface area (Å²) in [5.41, 5.74) is 0. The molecule has 8 atom stereocenters. The summed E-state index contributed by atoms with van der Waals surface area (Å²) in [7, 11) is -5.13. The van der Waals surface area contributed by atoms with Crippen LogP contribution in [-0.2, 0) is 32.7 Å². The number of carbonyl (C=O) groups is 2. The van der Waals surface area contributed by atoms with E-state index in [-0.39, 0.29) is 12.8 Å². The average molecular weight is 1010 g/mol. The number of ether oxygens (including phenoxy) is 2. The largest absolute Gasteiger partial charge is 0.472 e. The van der Waals surface area contributed by atoms with Gasteiger partial charge in [0.2, 0.25) is 0 Å². The van der Waals surface area contributed by atoms with Crippen LogP contribution in [-0.4, -0.2) is 98.3 Å². The molecule has 1 rings (SSSR count). The van der Waals surface area contributed by atoms with Gasteiger partial charge in [0, 0.05) is 12.8 Å². The highest BCUT2D eigenvalue weighted by molar-refractivity contribution is 7.47. The molecule has 0 aliphatic heterocycles. The van der Waals surface area contributed by atoms with Crippen LogP contribution in [0.25, 0.3) is 0 Å². The summed E-state index contributed by atoms with van der Waals surface area (Å²) in [6, 6.07) is 0. The minimum atomic E-state index is -5.13. The molecule has 1 saturated carbocycles. The molecular weight excluding hydrogens is 912 g/mol. The van der Waals surface area contributed by atoms with Gasteiger partial charge in [-0.2, -0.15) is 0 Å². The molecule has 1 aliphatic rings. The Kier molecular flexibility index (Phi) is 42.7. The zero-order valence-electron chi connectivity index (χ0n) is 43.8. The van der Waals surface area contributed by atoms with Gasteiger partial charge in [-0.15, -0.1) is 0 Å². The van der Waals surface area contributed by atoms with Crippen LogP contribution < -0.4 is 0 Å². The number of aliphatic hydroxyl groups excluding tert-OH is 5. The lowest BCUT2D eigenvalue weighted by molar-refractivity contribution is -0.220. The first-order chi connectivity index (χ1) is 33.9. The second kappa shape index (κ2) is 45.4. The van der Waals surface area contributed by atoms with Crippen LogP contribution in [0.1, 0.15) is 239 Å². The number of hydrogen-bond donors (Lipinski definition) is 6. The summed E-state index contributed by atoms with van der Waals surface area (Å²) >= 11 is 0. The average Bonchev–Trinajstić information content (AvgIpc) is 3.34. The summed E-state index contributed by atoms with van der Waals surface area (Å²) in [4.78, 5) is 35.9. The molecular formula is C56H101O13P. The van der Waals surface area contributed by atoms with E-state index >= 15 is 0 Å². The highest BCUT2D eigenvalue weighted by Crippen LogP contribution is 2.47. The summed E-state index contributed by atoms with van der Waals surface area (Å²) < 4.78 is 33.7. The SMILES string of the molecule is CCCCC/C=C/C/C=C/C/C=C/C/C=C/CCCCCC(=O)OC[C@H](COP(=O)(O)OC1C(O)C(O)C(O)[C@@H](O)C1O)OC(=O)CCCCCCCCCCCCCCCCCCCCCCCC. The van der Waals surface area contributed by atoms with E-state index in [2.05, 4.69) is 62.5 Å². The standard InChI is InChI=1S/C56H101O13P/c1-3-5-7-9-11-13-15-17-19-21-23-24-25-27-29-31-33-35-37-39-41-43-45-50(58)68-48(47-67-70(64,65)69-56-54(62)52(60)51(59)53(61)55(56)63)46-66-49(57)44-42-40-38-36-34-32-30-28-26-22-20-18-16-14-12-10-8-6-4-2/h12,14,18,20,26,28,32,34,48,51-56,59-63H,3-11,13,15-17,19,21-25,27,29-31,33,35-47H2,1-2H3,(H,64,65)/b14-12+,20-18+,28-26+,34-32+/t48-,51?,52-,53?,54?,55?,56?/m1/s1. The van der Waals surface area contributed by atoms with Crippen molar-refractivity contribution in [1.29, 1.82) is 0 Å². The maximum atomic E-state index is 12.9. The van der Waals surface area contributed by atoms with Crippen LogP contribution in [0.5, 0.6) is 0 Å². The maximum absolute atomic E-state index is 12.9. The van der Waals surface area contributed by atoms with Crippen molar-refractivity contribution < 1.29 is 63.1 Å². The lowest BCUT2D eigenvalue weighted by atomic mass is 9.85. The van der Waals surface area contributed by atoms with Gasteiger partial charge < -0.3 is 39.9 Å². The Morgan fingerprint density at radius 2 is 0.771 bits per heavy atom. The van der Waals surface area contributed by atoms with Crippen molar-refractivity contribution in [2.24, 2.45) is 0 Å². The molecule has 1 aliphatic carbocycles. The van der Waals surface area contributed by atoms with Crippen molar-refractivity contribution in [3.63, 3.8) is 0 Å². The molecule has 14 heteroatoms. The summed E-state index contributed by atoms with van der Waals surface area (Å²) in [6.45, 7) is 3.29. The predicted octanol–water partition coefficient (Wildman–Crippen LogP) is 12.7. The smallest absolute Gasteiger partial charge is 0.462 e. The van der Waals surface area contributed by atoms with Crippen LogP contribution in [0, 0.1) is 0 Å². The third-order valence-corrected chi connectivity index (χ3v) is 13.9. The molecule has 0 aromatic carbocycles. The maximum Gasteiger partial charge on any atom is 0.472 e. The highest BCUT2D eigenvalue weighted by Gasteiger charge is 2.51. The predicted molar refractivity (Wildman–Crippen MR) is 281 cm³/mol.